The van der Waals surface area contributed by atoms with Crippen LogP contribution in [0.15, 0.2) is 68.4 Å². The molecule has 0 bridgehead atoms. The van der Waals surface area contributed by atoms with E-state index in [1.165, 1.54) is 17.3 Å². The summed E-state index contributed by atoms with van der Waals surface area (Å²) in [6, 6.07) is 8.32. The lowest BCUT2D eigenvalue weighted by Gasteiger charge is -2.31. The van der Waals surface area contributed by atoms with Crippen molar-refractivity contribution in [2.45, 2.75) is 34.1 Å². The highest BCUT2D eigenvalue weighted by Crippen LogP contribution is 2.50. The quantitative estimate of drug-likeness (QED) is 0.390. The van der Waals surface area contributed by atoms with Gasteiger partial charge in [-0.2, -0.15) is 0 Å². The molecule has 5 rings (SSSR count). The van der Waals surface area contributed by atoms with Crippen LogP contribution in [0.2, 0.25) is 0 Å². The first kappa shape index (κ1) is 26.3. The maximum Gasteiger partial charge on any atom is 0.268 e. The van der Waals surface area contributed by atoms with E-state index in [1.54, 1.807) is 15.2 Å². The van der Waals surface area contributed by atoms with Crippen molar-refractivity contribution < 1.29 is 14.1 Å². The largest absolute Gasteiger partial charge is 0.494 e. The van der Waals surface area contributed by atoms with Gasteiger partial charge in [0.1, 0.15) is 24.3 Å². The Morgan fingerprint density at radius 3 is 2.38 bits per heavy atom. The average molecular weight is 575 g/mol. The number of para-hydroxylation sites is 1. The predicted molar refractivity (Wildman–Crippen MR) is 160 cm³/mol. The second-order valence-electron chi connectivity index (χ2n) is 8.59. The summed E-state index contributed by atoms with van der Waals surface area (Å²) in [5.41, 5.74) is 3.34. The summed E-state index contributed by atoms with van der Waals surface area (Å²) >= 11 is 6.74. The second-order valence-corrected chi connectivity index (χ2v) is 13.5. The Hall–Kier alpha value is -2.34. The van der Waals surface area contributed by atoms with Crippen LogP contribution in [-0.4, -0.2) is 64.7 Å². The number of carbonyl (C=O) groups excluding carboxylic acids is 1. The number of allylic oxidation sites excluding steroid dienone is 1. The van der Waals surface area contributed by atoms with Gasteiger partial charge in [0, 0.05) is 43.5 Å². The predicted octanol–water partition coefficient (Wildman–Crippen LogP) is 4.98. The molecule has 1 saturated heterocycles. The van der Waals surface area contributed by atoms with Crippen LogP contribution in [0.1, 0.15) is 33.3 Å². The highest BCUT2D eigenvalue weighted by Gasteiger charge is 2.42. The number of thioether (sulfide) groups is 1. The number of thiocarbonyl (C=S) groups is 1. The molecule has 1 amide bonds. The number of likely N-dealkylation sites (N-methyl/N-ethyl adjacent to an activating group) is 2. The van der Waals surface area contributed by atoms with Crippen molar-refractivity contribution in [2.75, 3.05) is 31.1 Å². The first-order valence-corrected chi connectivity index (χ1v) is 16.0. The fourth-order valence-corrected chi connectivity index (χ4v) is 11.0. The normalized spacial score (nSPS) is 26.7. The van der Waals surface area contributed by atoms with Crippen LogP contribution in [0.4, 0.5) is 5.69 Å². The van der Waals surface area contributed by atoms with E-state index in [0.29, 0.717) is 38.2 Å². The minimum atomic E-state index is -1.48. The van der Waals surface area contributed by atoms with Gasteiger partial charge in [0.25, 0.3) is 5.91 Å². The van der Waals surface area contributed by atoms with Crippen LogP contribution >= 0.6 is 34.5 Å². The third kappa shape index (κ3) is 4.20. The average Bonchev–Trinajstić information content (AvgIpc) is 3.51. The van der Waals surface area contributed by atoms with E-state index in [2.05, 4.69) is 30.0 Å². The maximum atomic E-state index is 14.3. The molecule has 4 heterocycles. The van der Waals surface area contributed by atoms with Crippen molar-refractivity contribution in [3.8, 4) is 0 Å². The summed E-state index contributed by atoms with van der Waals surface area (Å²) in [6.07, 6.45) is 4.91. The molecular formula is C26H30N4O3S4. The number of hydrogen-bond donors (Lipinski definition) is 1. The number of fused-ring (bicyclic) bond motifs is 1. The molecule has 2 atom stereocenters. The molecule has 0 radical (unpaired) electrons. The Morgan fingerprint density at radius 1 is 1.03 bits per heavy atom. The summed E-state index contributed by atoms with van der Waals surface area (Å²) in [7, 11) is -2.35. The summed E-state index contributed by atoms with van der Waals surface area (Å²) < 4.78 is 15.5. The molecule has 196 valence electrons. The van der Waals surface area contributed by atoms with Gasteiger partial charge >= 0.3 is 0 Å². The van der Waals surface area contributed by atoms with Gasteiger partial charge in [-0.15, -0.1) is 0 Å². The van der Waals surface area contributed by atoms with E-state index < -0.39 is 21.3 Å². The molecular weight excluding hydrogens is 545 g/mol. The fourth-order valence-electron chi connectivity index (χ4n) is 4.91. The highest BCUT2D eigenvalue weighted by molar-refractivity contribution is 8.34. The van der Waals surface area contributed by atoms with E-state index in [4.69, 9.17) is 12.2 Å². The molecule has 4 aliphatic rings. The third-order valence-corrected chi connectivity index (χ3v) is 12.4. The minimum Gasteiger partial charge on any atom is -0.494 e. The Bertz CT molecular complexity index is 1380. The van der Waals surface area contributed by atoms with Crippen molar-refractivity contribution in [1.29, 1.82) is 0 Å². The molecule has 0 saturated carbocycles. The van der Waals surface area contributed by atoms with Gasteiger partial charge in [-0.05, 0) is 45.7 Å². The lowest BCUT2D eigenvalue weighted by atomic mass is 10.0. The van der Waals surface area contributed by atoms with Crippen LogP contribution in [0.3, 0.4) is 0 Å². The second kappa shape index (κ2) is 10.4. The third-order valence-electron chi connectivity index (χ3n) is 6.68. The number of hydrogen-bond acceptors (Lipinski definition) is 7. The smallest absolute Gasteiger partial charge is 0.268 e. The molecule has 2 unspecified atom stereocenters. The summed E-state index contributed by atoms with van der Waals surface area (Å²) in [4.78, 5) is 22.1. The number of carbonyl (C=O) groups is 1. The molecule has 1 aromatic rings. The van der Waals surface area contributed by atoms with Crippen molar-refractivity contribution in [1.82, 2.24) is 14.7 Å². The molecule has 4 aliphatic heterocycles. The van der Waals surface area contributed by atoms with E-state index in [0.717, 1.165) is 29.3 Å². The van der Waals surface area contributed by atoms with Crippen LogP contribution in [-0.2, 0) is 22.0 Å². The molecule has 0 aromatic heterocycles. The van der Waals surface area contributed by atoms with E-state index in [1.807, 2.05) is 44.0 Å². The van der Waals surface area contributed by atoms with Gasteiger partial charge in [-0.1, -0.05) is 58.7 Å². The monoisotopic (exact) mass is 574 g/mol. The van der Waals surface area contributed by atoms with Gasteiger partial charge in [0.15, 0.2) is 5.88 Å². The number of amides is 1. The molecule has 0 aliphatic carbocycles. The minimum absolute atomic E-state index is 0.0811. The molecule has 1 fully saturated rings. The van der Waals surface area contributed by atoms with Crippen molar-refractivity contribution >= 4 is 65.5 Å². The Labute approximate surface area is 232 Å². The molecule has 1 aromatic carbocycles. The zero-order chi connectivity index (χ0) is 26.4. The summed E-state index contributed by atoms with van der Waals surface area (Å²) in [5.74, 6) is -0.0755. The molecule has 11 heteroatoms. The lowest BCUT2D eigenvalue weighted by Crippen LogP contribution is -2.29. The van der Waals surface area contributed by atoms with Crippen molar-refractivity contribution in [3.05, 3.63) is 73.9 Å². The van der Waals surface area contributed by atoms with Gasteiger partial charge in [0.05, 0.1) is 15.6 Å². The Morgan fingerprint density at radius 2 is 1.73 bits per heavy atom. The van der Waals surface area contributed by atoms with Gasteiger partial charge in [-0.3, -0.25) is 9.69 Å². The molecule has 1 N–H and O–H groups in total. The van der Waals surface area contributed by atoms with Gasteiger partial charge in [0.2, 0.25) is 0 Å². The Balaban J connectivity index is 1.64. The summed E-state index contributed by atoms with van der Waals surface area (Å²) in [6.45, 7) is 10.3. The van der Waals surface area contributed by atoms with Crippen LogP contribution in [0, 0.1) is 0 Å². The van der Waals surface area contributed by atoms with E-state index in [-0.39, 0.29) is 11.8 Å². The number of anilines is 1. The summed E-state index contributed by atoms with van der Waals surface area (Å²) in [5, 5.41) is 13.3. The molecule has 0 spiro atoms. The lowest BCUT2D eigenvalue weighted by molar-refractivity contribution is -0.122. The zero-order valence-corrected chi connectivity index (χ0v) is 24.5. The van der Waals surface area contributed by atoms with Gasteiger partial charge in [-0.25, -0.2) is 4.21 Å². The first-order chi connectivity index (χ1) is 17.9. The van der Waals surface area contributed by atoms with Crippen LogP contribution in [0.25, 0.3) is 0 Å². The van der Waals surface area contributed by atoms with E-state index >= 15 is 0 Å². The number of aliphatic hydroxyl groups is 1. The van der Waals surface area contributed by atoms with Gasteiger partial charge < -0.3 is 19.8 Å². The number of rotatable bonds is 5. The topological polar surface area (TPSA) is 67.3 Å². The van der Waals surface area contributed by atoms with E-state index in [9.17, 15) is 14.1 Å². The SMILES string of the molecule is CCN1C=C(C2=CCc3ccccc3N2CC)S(=O)C1=S1C=C(O)N(CC)C1=C1SC(=S)N(CC)C1=O. The van der Waals surface area contributed by atoms with Crippen molar-refractivity contribution in [2.24, 2.45) is 0 Å². The first-order valence-electron chi connectivity index (χ1n) is 12.4. The molecule has 7 nitrogen and oxygen atoms in total. The Kier molecular flexibility index (Phi) is 7.41. The van der Waals surface area contributed by atoms with Crippen molar-refractivity contribution in [3.63, 3.8) is 0 Å². The highest BCUT2D eigenvalue weighted by atomic mass is 32.2. The number of benzene rings is 1. The fraction of sp³-hybridized carbons (Fsp3) is 0.346. The van der Waals surface area contributed by atoms with Crippen LogP contribution < -0.4 is 4.90 Å². The maximum absolute atomic E-state index is 14.3. The number of aliphatic hydroxyl groups excluding tert-OH is 1. The number of nitrogens with zero attached hydrogens (tertiary/aromatic N) is 4. The standard InChI is InChI=1S/C26H30N4O3S4/c1-5-27-15-20(19-14-13-17-11-9-10-12-18(17)28(19)6-2)37(33)26(27)36-16-21(31)29(7-3)24(36)22-23(32)30(8-4)25(34)35-22/h9-12,14-16,31H,5-8,13H2,1-4H3. The zero-order valence-electron chi connectivity index (χ0n) is 21.3. The molecule has 37 heavy (non-hydrogen) atoms. The van der Waals surface area contributed by atoms with Crippen LogP contribution in [0.5, 0.6) is 0 Å².